The van der Waals surface area contributed by atoms with Crippen molar-refractivity contribution in [1.29, 1.82) is 0 Å². The fourth-order valence-electron chi connectivity index (χ4n) is 2.45. The minimum absolute atomic E-state index is 0.557. The number of hydrogen-bond acceptors (Lipinski definition) is 5. The quantitative estimate of drug-likeness (QED) is 0.869. The third-order valence-electron chi connectivity index (χ3n) is 3.60. The molecular formula is C13H21BrN4O. The van der Waals surface area contributed by atoms with Crippen molar-refractivity contribution in [2.45, 2.75) is 31.7 Å². The molecule has 0 aromatic carbocycles. The Kier molecular flexibility index (Phi) is 5.39. The van der Waals surface area contributed by atoms with Gasteiger partial charge in [-0.2, -0.15) is 4.98 Å². The number of methoxy groups -OCH3 is 1. The van der Waals surface area contributed by atoms with Gasteiger partial charge in [0.15, 0.2) is 0 Å². The van der Waals surface area contributed by atoms with E-state index in [2.05, 4.69) is 43.2 Å². The third-order valence-corrected chi connectivity index (χ3v) is 4.14. The van der Waals surface area contributed by atoms with Crippen LogP contribution in [-0.2, 0) is 0 Å². The zero-order chi connectivity index (χ0) is 13.7. The van der Waals surface area contributed by atoms with Crippen molar-refractivity contribution in [2.75, 3.05) is 32.6 Å². The Hall–Kier alpha value is -0.880. The molecule has 1 saturated carbocycles. The molecule has 0 aliphatic heterocycles. The van der Waals surface area contributed by atoms with Crippen LogP contribution in [0, 0.1) is 0 Å². The van der Waals surface area contributed by atoms with E-state index in [0.717, 1.165) is 23.6 Å². The molecular weight excluding hydrogens is 308 g/mol. The van der Waals surface area contributed by atoms with Crippen LogP contribution in [0.25, 0.3) is 0 Å². The number of nitrogens with one attached hydrogen (secondary N) is 1. The molecule has 0 unspecified atom stereocenters. The number of rotatable bonds is 6. The predicted octanol–water partition coefficient (Wildman–Crippen LogP) is 2.53. The highest BCUT2D eigenvalue weighted by Crippen LogP contribution is 2.23. The van der Waals surface area contributed by atoms with Crippen molar-refractivity contribution in [3.8, 4) is 5.88 Å². The van der Waals surface area contributed by atoms with Crippen LogP contribution < -0.4 is 10.1 Å². The molecule has 1 aromatic heterocycles. The highest BCUT2D eigenvalue weighted by atomic mass is 79.9. The summed E-state index contributed by atoms with van der Waals surface area (Å²) in [6, 6.07) is 0.752. The van der Waals surface area contributed by atoms with Crippen LogP contribution in [0.2, 0.25) is 0 Å². The number of halogens is 1. The van der Waals surface area contributed by atoms with Gasteiger partial charge in [0.2, 0.25) is 11.8 Å². The topological polar surface area (TPSA) is 50.3 Å². The minimum Gasteiger partial charge on any atom is -0.480 e. The number of anilines is 1. The number of likely N-dealkylation sites (N-methyl/N-ethyl adjacent to an activating group) is 1. The lowest BCUT2D eigenvalue weighted by Crippen LogP contribution is -2.33. The first-order valence-corrected chi connectivity index (χ1v) is 7.50. The van der Waals surface area contributed by atoms with Crippen LogP contribution in [0.1, 0.15) is 25.7 Å². The molecule has 106 valence electrons. The molecule has 1 aliphatic carbocycles. The molecule has 19 heavy (non-hydrogen) atoms. The van der Waals surface area contributed by atoms with Gasteiger partial charge < -0.3 is 15.0 Å². The smallest absolute Gasteiger partial charge is 0.232 e. The zero-order valence-corrected chi connectivity index (χ0v) is 13.1. The van der Waals surface area contributed by atoms with Crippen molar-refractivity contribution in [1.82, 2.24) is 14.9 Å². The van der Waals surface area contributed by atoms with E-state index in [0.29, 0.717) is 11.8 Å². The summed E-state index contributed by atoms with van der Waals surface area (Å²) >= 11 is 3.34. The maximum atomic E-state index is 5.15. The summed E-state index contributed by atoms with van der Waals surface area (Å²) in [7, 11) is 3.80. The van der Waals surface area contributed by atoms with E-state index in [-0.39, 0.29) is 0 Å². The molecule has 0 saturated heterocycles. The third kappa shape index (κ3) is 4.04. The molecule has 6 heteroatoms. The summed E-state index contributed by atoms with van der Waals surface area (Å²) in [5.41, 5.74) is 0. The normalized spacial score (nSPS) is 16.0. The van der Waals surface area contributed by atoms with Crippen LogP contribution in [0.3, 0.4) is 0 Å². The average molecular weight is 329 g/mol. The standard InChI is InChI=1S/C13H21BrN4O/c1-18(10-5-3-4-6-10)8-7-15-13-16-9-11(14)12(17-13)19-2/h9-10H,3-8H2,1-2H3,(H,15,16,17). The highest BCUT2D eigenvalue weighted by molar-refractivity contribution is 9.10. The summed E-state index contributed by atoms with van der Waals surface area (Å²) in [4.78, 5) is 10.9. The van der Waals surface area contributed by atoms with Crippen molar-refractivity contribution in [3.05, 3.63) is 10.7 Å². The van der Waals surface area contributed by atoms with Gasteiger partial charge in [0.1, 0.15) is 0 Å². The van der Waals surface area contributed by atoms with Crippen molar-refractivity contribution < 1.29 is 4.74 Å². The van der Waals surface area contributed by atoms with Gasteiger partial charge >= 0.3 is 0 Å². The summed E-state index contributed by atoms with van der Waals surface area (Å²) < 4.78 is 5.91. The first kappa shape index (κ1) is 14.5. The molecule has 0 radical (unpaired) electrons. The molecule has 0 amide bonds. The van der Waals surface area contributed by atoms with Gasteiger partial charge in [0.05, 0.1) is 17.8 Å². The summed E-state index contributed by atoms with van der Waals surface area (Å²) in [6.45, 7) is 1.85. The predicted molar refractivity (Wildman–Crippen MR) is 79.7 cm³/mol. The first-order valence-electron chi connectivity index (χ1n) is 6.71. The molecule has 0 atom stereocenters. The van der Waals surface area contributed by atoms with Gasteiger partial charge in [-0.3, -0.25) is 0 Å². The monoisotopic (exact) mass is 328 g/mol. The number of hydrogen-bond donors (Lipinski definition) is 1. The lowest BCUT2D eigenvalue weighted by molar-refractivity contribution is 0.254. The SMILES string of the molecule is COc1nc(NCCN(C)C2CCCC2)ncc1Br. The second-order valence-electron chi connectivity index (χ2n) is 4.90. The van der Waals surface area contributed by atoms with Gasteiger partial charge in [-0.15, -0.1) is 0 Å². The molecule has 0 spiro atoms. The Labute approximate surface area is 122 Å². The maximum Gasteiger partial charge on any atom is 0.232 e. The molecule has 1 fully saturated rings. The van der Waals surface area contributed by atoms with Crippen molar-refractivity contribution >= 4 is 21.9 Å². The Morgan fingerprint density at radius 3 is 2.89 bits per heavy atom. The number of nitrogens with zero attached hydrogens (tertiary/aromatic N) is 3. The number of aromatic nitrogens is 2. The molecule has 1 heterocycles. The summed E-state index contributed by atoms with van der Waals surface area (Å²) in [6.07, 6.45) is 7.11. The second-order valence-corrected chi connectivity index (χ2v) is 5.75. The average Bonchev–Trinajstić information content (AvgIpc) is 2.94. The van der Waals surface area contributed by atoms with E-state index in [1.54, 1.807) is 13.3 Å². The Bertz CT molecular complexity index is 410. The summed E-state index contributed by atoms with van der Waals surface area (Å²) in [5, 5.41) is 3.24. The zero-order valence-electron chi connectivity index (χ0n) is 11.5. The van der Waals surface area contributed by atoms with Gasteiger partial charge in [-0.05, 0) is 35.8 Å². The molecule has 5 nitrogen and oxygen atoms in total. The largest absolute Gasteiger partial charge is 0.480 e. The fraction of sp³-hybridized carbons (Fsp3) is 0.692. The summed E-state index contributed by atoms with van der Waals surface area (Å²) in [5.74, 6) is 1.17. The maximum absolute atomic E-state index is 5.15. The van der Waals surface area contributed by atoms with E-state index in [1.807, 2.05) is 0 Å². The van der Waals surface area contributed by atoms with E-state index in [4.69, 9.17) is 4.74 Å². The van der Waals surface area contributed by atoms with Crippen molar-refractivity contribution in [3.63, 3.8) is 0 Å². The highest BCUT2D eigenvalue weighted by Gasteiger charge is 2.18. The van der Waals surface area contributed by atoms with Crippen LogP contribution in [0.4, 0.5) is 5.95 Å². The van der Waals surface area contributed by atoms with E-state index in [9.17, 15) is 0 Å². The molecule has 1 N–H and O–H groups in total. The Morgan fingerprint density at radius 1 is 1.47 bits per heavy atom. The van der Waals surface area contributed by atoms with E-state index in [1.165, 1.54) is 25.7 Å². The lowest BCUT2D eigenvalue weighted by Gasteiger charge is -2.23. The minimum atomic E-state index is 0.557. The van der Waals surface area contributed by atoms with Gasteiger partial charge in [0.25, 0.3) is 0 Å². The molecule has 1 aliphatic rings. The fourth-order valence-corrected chi connectivity index (χ4v) is 2.80. The van der Waals surface area contributed by atoms with Crippen LogP contribution in [0.15, 0.2) is 10.7 Å². The lowest BCUT2D eigenvalue weighted by atomic mass is 10.2. The Morgan fingerprint density at radius 2 is 2.21 bits per heavy atom. The van der Waals surface area contributed by atoms with E-state index >= 15 is 0 Å². The molecule has 2 rings (SSSR count). The van der Waals surface area contributed by atoms with Gasteiger partial charge in [-0.1, -0.05) is 12.8 Å². The van der Waals surface area contributed by atoms with Gasteiger partial charge in [-0.25, -0.2) is 4.98 Å². The number of ether oxygens (including phenoxy) is 1. The van der Waals surface area contributed by atoms with E-state index < -0.39 is 0 Å². The Balaban J connectivity index is 1.78. The van der Waals surface area contributed by atoms with Crippen LogP contribution >= 0.6 is 15.9 Å². The van der Waals surface area contributed by atoms with Crippen molar-refractivity contribution in [2.24, 2.45) is 0 Å². The second kappa shape index (κ2) is 7.05. The van der Waals surface area contributed by atoms with Crippen LogP contribution in [-0.4, -0.2) is 48.2 Å². The molecule has 0 bridgehead atoms. The first-order chi connectivity index (χ1) is 9.20. The molecule has 1 aromatic rings. The van der Waals surface area contributed by atoms with Crippen LogP contribution in [0.5, 0.6) is 5.88 Å². The van der Waals surface area contributed by atoms with Gasteiger partial charge in [0, 0.05) is 19.1 Å².